The van der Waals surface area contributed by atoms with Crippen LogP contribution in [0.4, 0.5) is 0 Å². The molecule has 1 fully saturated rings. The summed E-state index contributed by atoms with van der Waals surface area (Å²) in [6.45, 7) is 3.24. The van der Waals surface area contributed by atoms with Gasteiger partial charge in [0.2, 0.25) is 0 Å². The van der Waals surface area contributed by atoms with E-state index in [1.54, 1.807) is 37.4 Å². The van der Waals surface area contributed by atoms with Crippen molar-refractivity contribution >= 4 is 5.91 Å². The number of aromatic nitrogens is 2. The molecule has 0 N–H and O–H groups in total. The largest absolute Gasteiger partial charge is 0.481 e. The van der Waals surface area contributed by atoms with Crippen LogP contribution < -0.4 is 4.74 Å². The van der Waals surface area contributed by atoms with Gasteiger partial charge in [-0.3, -0.25) is 9.48 Å². The summed E-state index contributed by atoms with van der Waals surface area (Å²) < 4.78 is 7.67. The minimum Gasteiger partial charge on any atom is -0.481 e. The summed E-state index contributed by atoms with van der Waals surface area (Å²) in [5.41, 5.74) is 0.571. The normalized spacial score (nSPS) is 18.4. The first-order valence-corrected chi connectivity index (χ1v) is 8.62. The van der Waals surface area contributed by atoms with Crippen LogP contribution in [0.25, 0.3) is 0 Å². The second kappa shape index (κ2) is 7.84. The van der Waals surface area contributed by atoms with Crippen molar-refractivity contribution < 1.29 is 9.53 Å². The van der Waals surface area contributed by atoms with Crippen molar-refractivity contribution in [2.24, 2.45) is 0 Å². The van der Waals surface area contributed by atoms with Gasteiger partial charge >= 0.3 is 0 Å². The first kappa shape index (κ1) is 17.0. The number of hydrogen-bond acceptors (Lipinski definition) is 4. The van der Waals surface area contributed by atoms with Gasteiger partial charge < -0.3 is 9.64 Å². The molecule has 1 aromatic heterocycles. The van der Waals surface area contributed by atoms with Crippen LogP contribution in [-0.2, 0) is 11.3 Å². The van der Waals surface area contributed by atoms with Crippen LogP contribution >= 0.6 is 0 Å². The topological polar surface area (TPSA) is 71.2 Å². The molecule has 2 unspecified atom stereocenters. The molecule has 2 atom stereocenters. The average molecular weight is 338 g/mol. The van der Waals surface area contributed by atoms with Crippen molar-refractivity contribution in [3.63, 3.8) is 0 Å². The first-order valence-electron chi connectivity index (χ1n) is 8.62. The Balaban J connectivity index is 1.65. The molecule has 130 valence electrons. The quantitative estimate of drug-likeness (QED) is 0.840. The Hall–Kier alpha value is -2.81. The summed E-state index contributed by atoms with van der Waals surface area (Å²) in [6, 6.07) is 10.9. The van der Waals surface area contributed by atoms with E-state index in [9.17, 15) is 4.79 Å². The van der Waals surface area contributed by atoms with Crippen LogP contribution in [-0.4, -0.2) is 39.3 Å². The van der Waals surface area contributed by atoms with E-state index in [1.165, 1.54) is 0 Å². The molecule has 3 rings (SSSR count). The maximum atomic E-state index is 12.9. The molecule has 6 heteroatoms. The van der Waals surface area contributed by atoms with Crippen LogP contribution in [0.15, 0.2) is 42.7 Å². The zero-order chi connectivity index (χ0) is 17.6. The number of likely N-dealkylation sites (tertiary alicyclic amines) is 1. The lowest BCUT2D eigenvalue weighted by molar-refractivity contribution is -0.142. The van der Waals surface area contributed by atoms with E-state index in [0.717, 1.165) is 25.8 Å². The predicted octanol–water partition coefficient (Wildman–Crippen LogP) is 2.60. The molecular formula is C19H22N4O2. The van der Waals surface area contributed by atoms with E-state index in [0.29, 0.717) is 17.9 Å². The predicted molar refractivity (Wildman–Crippen MR) is 92.8 cm³/mol. The highest BCUT2D eigenvalue weighted by Crippen LogP contribution is 2.21. The smallest absolute Gasteiger partial charge is 0.263 e. The second-order valence-corrected chi connectivity index (χ2v) is 6.31. The Labute approximate surface area is 147 Å². The Kier molecular flexibility index (Phi) is 5.34. The maximum Gasteiger partial charge on any atom is 0.263 e. The van der Waals surface area contributed by atoms with Gasteiger partial charge in [-0.1, -0.05) is 0 Å². The van der Waals surface area contributed by atoms with E-state index in [1.807, 2.05) is 21.8 Å². The van der Waals surface area contributed by atoms with E-state index in [-0.39, 0.29) is 11.9 Å². The van der Waals surface area contributed by atoms with Gasteiger partial charge in [-0.25, -0.2) is 0 Å². The SMILES string of the molecule is CC(Oc1ccc(C#N)cc1)C(=O)N1CCCCC1Cn1cccn1. The van der Waals surface area contributed by atoms with E-state index >= 15 is 0 Å². The molecule has 1 aromatic carbocycles. The van der Waals surface area contributed by atoms with Crippen molar-refractivity contribution in [2.45, 2.75) is 44.9 Å². The number of ether oxygens (including phenoxy) is 1. The number of amides is 1. The fraction of sp³-hybridized carbons (Fsp3) is 0.421. The number of carbonyl (C=O) groups excluding carboxylic acids is 1. The van der Waals surface area contributed by atoms with Crippen LogP contribution in [0, 0.1) is 11.3 Å². The lowest BCUT2D eigenvalue weighted by Crippen LogP contribution is -2.50. The Bertz CT molecular complexity index is 734. The van der Waals surface area contributed by atoms with Crippen molar-refractivity contribution in [3.05, 3.63) is 48.3 Å². The number of benzene rings is 1. The number of carbonyl (C=O) groups is 1. The van der Waals surface area contributed by atoms with Crippen molar-refractivity contribution in [2.75, 3.05) is 6.54 Å². The standard InChI is InChI=1S/C19H22N4O2/c1-15(25-18-8-6-16(13-20)7-9-18)19(24)23-12-3-2-5-17(23)14-22-11-4-10-21-22/h4,6-11,15,17H,2-3,5,12,14H2,1H3. The van der Waals surface area contributed by atoms with E-state index in [2.05, 4.69) is 11.2 Å². The van der Waals surface area contributed by atoms with Gasteiger partial charge in [0.05, 0.1) is 24.2 Å². The fourth-order valence-corrected chi connectivity index (χ4v) is 3.20. The molecule has 2 aromatic rings. The minimum atomic E-state index is -0.564. The molecule has 25 heavy (non-hydrogen) atoms. The maximum absolute atomic E-state index is 12.9. The third kappa shape index (κ3) is 4.18. The van der Waals surface area contributed by atoms with Gasteiger partial charge in [0.25, 0.3) is 5.91 Å². The molecule has 0 saturated carbocycles. The summed E-state index contributed by atoms with van der Waals surface area (Å²) in [5, 5.41) is 13.1. The molecule has 0 spiro atoms. The van der Waals surface area contributed by atoms with Gasteiger partial charge in [-0.2, -0.15) is 10.4 Å². The van der Waals surface area contributed by atoms with Crippen LogP contribution in [0.1, 0.15) is 31.7 Å². The molecule has 0 bridgehead atoms. The van der Waals surface area contributed by atoms with Gasteiger partial charge in [0, 0.05) is 18.9 Å². The van der Waals surface area contributed by atoms with Crippen LogP contribution in [0.3, 0.4) is 0 Å². The average Bonchev–Trinajstić information content (AvgIpc) is 3.15. The van der Waals surface area contributed by atoms with Gasteiger partial charge in [-0.15, -0.1) is 0 Å². The molecule has 6 nitrogen and oxygen atoms in total. The monoisotopic (exact) mass is 338 g/mol. The third-order valence-corrected chi connectivity index (χ3v) is 4.51. The molecule has 0 radical (unpaired) electrons. The molecule has 2 heterocycles. The number of hydrogen-bond donors (Lipinski definition) is 0. The highest BCUT2D eigenvalue weighted by Gasteiger charge is 2.30. The van der Waals surface area contributed by atoms with Crippen LogP contribution in [0.2, 0.25) is 0 Å². The third-order valence-electron chi connectivity index (χ3n) is 4.51. The summed E-state index contributed by atoms with van der Waals surface area (Å²) in [7, 11) is 0. The molecule has 1 saturated heterocycles. The number of rotatable bonds is 5. The molecule has 1 amide bonds. The Morgan fingerprint density at radius 1 is 1.40 bits per heavy atom. The number of nitriles is 1. The second-order valence-electron chi connectivity index (χ2n) is 6.31. The summed E-state index contributed by atoms with van der Waals surface area (Å²) >= 11 is 0. The van der Waals surface area contributed by atoms with Crippen LogP contribution in [0.5, 0.6) is 5.75 Å². The number of piperidine rings is 1. The molecule has 1 aliphatic rings. The first-order chi connectivity index (χ1) is 12.2. The summed E-state index contributed by atoms with van der Waals surface area (Å²) in [4.78, 5) is 14.8. The Morgan fingerprint density at radius 2 is 2.20 bits per heavy atom. The van der Waals surface area contributed by atoms with Crippen molar-refractivity contribution in [1.29, 1.82) is 5.26 Å². The fourth-order valence-electron chi connectivity index (χ4n) is 3.20. The highest BCUT2D eigenvalue weighted by molar-refractivity contribution is 5.81. The number of nitrogens with zero attached hydrogens (tertiary/aromatic N) is 4. The summed E-state index contributed by atoms with van der Waals surface area (Å²) in [5.74, 6) is 0.599. The van der Waals surface area contributed by atoms with E-state index < -0.39 is 6.10 Å². The van der Waals surface area contributed by atoms with E-state index in [4.69, 9.17) is 10.00 Å². The molecule has 0 aliphatic carbocycles. The van der Waals surface area contributed by atoms with Crippen molar-refractivity contribution in [3.8, 4) is 11.8 Å². The Morgan fingerprint density at radius 3 is 2.88 bits per heavy atom. The zero-order valence-corrected chi connectivity index (χ0v) is 14.3. The van der Waals surface area contributed by atoms with Crippen molar-refractivity contribution in [1.82, 2.24) is 14.7 Å². The molecule has 1 aliphatic heterocycles. The highest BCUT2D eigenvalue weighted by atomic mass is 16.5. The minimum absolute atomic E-state index is 0.00113. The lowest BCUT2D eigenvalue weighted by Gasteiger charge is -2.37. The zero-order valence-electron chi connectivity index (χ0n) is 14.3. The molecular weight excluding hydrogens is 316 g/mol. The van der Waals surface area contributed by atoms with Gasteiger partial charge in [0.1, 0.15) is 5.75 Å². The van der Waals surface area contributed by atoms with Gasteiger partial charge in [0.15, 0.2) is 6.10 Å². The summed E-state index contributed by atoms with van der Waals surface area (Å²) in [6.07, 6.45) is 6.24. The van der Waals surface area contributed by atoms with Gasteiger partial charge in [-0.05, 0) is 56.5 Å². The lowest BCUT2D eigenvalue weighted by atomic mass is 10.0.